The fraction of sp³-hybridized carbons (Fsp3) is 0.667. The molecule has 1 aromatic carbocycles. The van der Waals surface area contributed by atoms with Gasteiger partial charge in [-0.15, -0.1) is 0 Å². The summed E-state index contributed by atoms with van der Waals surface area (Å²) in [6.07, 6.45) is 1.46. The highest BCUT2D eigenvalue weighted by atomic mass is 16.7. The third-order valence-electron chi connectivity index (χ3n) is 7.04. The number of fused-ring (bicyclic) bond motifs is 1. The van der Waals surface area contributed by atoms with E-state index >= 15 is 0 Å². The van der Waals surface area contributed by atoms with Gasteiger partial charge in [-0.1, -0.05) is 13.0 Å². The molecule has 3 atom stereocenters. The second-order valence-electron chi connectivity index (χ2n) is 11.3. The van der Waals surface area contributed by atoms with Gasteiger partial charge in [0.25, 0.3) is 0 Å². The quantitative estimate of drug-likeness (QED) is 0.687. The number of nitrogens with zero attached hydrogens (tertiary/aromatic N) is 1. The largest absolute Gasteiger partial charge is 0.494 e. The molecule has 2 fully saturated rings. The number of carbonyl (C=O) groups is 1. The maximum absolute atomic E-state index is 12.0. The zero-order chi connectivity index (χ0) is 23.5. The molecule has 1 aromatic heterocycles. The molecular weight excluding hydrogens is 405 g/mol. The summed E-state index contributed by atoms with van der Waals surface area (Å²) < 4.78 is 17.7. The molecule has 174 valence electrons. The summed E-state index contributed by atoms with van der Waals surface area (Å²) in [5.74, 6) is 1.85. The Morgan fingerprint density at radius 3 is 2.50 bits per heavy atom. The molecule has 8 heteroatoms. The first-order valence-corrected chi connectivity index (χ1v) is 11.6. The number of hydrogen-bond acceptors (Lipinski definition) is 5. The van der Waals surface area contributed by atoms with Gasteiger partial charge in [0.05, 0.1) is 22.2 Å². The van der Waals surface area contributed by atoms with Crippen molar-refractivity contribution in [2.24, 2.45) is 11.8 Å². The van der Waals surface area contributed by atoms with Crippen molar-refractivity contribution in [2.75, 3.05) is 0 Å². The van der Waals surface area contributed by atoms with Gasteiger partial charge in [0, 0.05) is 12.5 Å². The number of hydrogen-bond donors (Lipinski definition) is 2. The second kappa shape index (κ2) is 7.77. The zero-order valence-electron chi connectivity index (χ0n) is 20.5. The number of aryl methyl sites for hydroxylation is 1. The van der Waals surface area contributed by atoms with Gasteiger partial charge in [-0.2, -0.15) is 0 Å². The highest BCUT2D eigenvalue weighted by Crippen LogP contribution is 2.42. The molecule has 4 rings (SSSR count). The van der Waals surface area contributed by atoms with E-state index in [1.807, 2.05) is 32.9 Å². The van der Waals surface area contributed by atoms with E-state index in [-0.39, 0.29) is 30.5 Å². The number of nitrogens with one attached hydrogen (secondary N) is 2. The number of amides is 1. The molecule has 1 saturated heterocycles. The number of ether oxygens (including phenoxy) is 1. The average molecular weight is 441 g/mol. The first-order valence-electron chi connectivity index (χ1n) is 11.6. The molecule has 0 bridgehead atoms. The number of imidazole rings is 1. The zero-order valence-corrected chi connectivity index (χ0v) is 20.5. The van der Waals surface area contributed by atoms with Crippen molar-refractivity contribution in [3.63, 3.8) is 0 Å². The molecule has 1 aliphatic carbocycles. The van der Waals surface area contributed by atoms with Crippen LogP contribution < -0.4 is 10.8 Å². The summed E-state index contributed by atoms with van der Waals surface area (Å²) in [6.45, 7) is 16.0. The van der Waals surface area contributed by atoms with Crippen LogP contribution in [0.2, 0.25) is 0 Å². The lowest BCUT2D eigenvalue weighted by Crippen LogP contribution is -2.41. The van der Waals surface area contributed by atoms with Crippen molar-refractivity contribution in [1.82, 2.24) is 15.3 Å². The Kier molecular flexibility index (Phi) is 5.61. The van der Waals surface area contributed by atoms with Crippen molar-refractivity contribution in [3.05, 3.63) is 24.0 Å². The highest BCUT2D eigenvalue weighted by molar-refractivity contribution is 6.62. The SMILES string of the molecule is CC1C(CCc2nc3ccc(B4OC(C)(C)C(C)(C)O4)cc3[nH]2)C1NC(=O)OC(C)(C)C. The minimum absolute atomic E-state index is 0.171. The van der Waals surface area contributed by atoms with E-state index in [1.54, 1.807) is 0 Å². The van der Waals surface area contributed by atoms with Gasteiger partial charge in [0.1, 0.15) is 11.4 Å². The van der Waals surface area contributed by atoms with Crippen LogP contribution in [0.3, 0.4) is 0 Å². The summed E-state index contributed by atoms with van der Waals surface area (Å²) in [4.78, 5) is 20.2. The lowest BCUT2D eigenvalue weighted by molar-refractivity contribution is 0.00578. The molecule has 2 aromatic rings. The Morgan fingerprint density at radius 1 is 1.22 bits per heavy atom. The van der Waals surface area contributed by atoms with Crippen LogP contribution in [0.1, 0.15) is 67.6 Å². The summed E-state index contributed by atoms with van der Waals surface area (Å²) in [7, 11) is -0.386. The van der Waals surface area contributed by atoms with Crippen LogP contribution >= 0.6 is 0 Å². The van der Waals surface area contributed by atoms with Gasteiger partial charge < -0.3 is 24.3 Å². The van der Waals surface area contributed by atoms with E-state index in [1.165, 1.54) is 0 Å². The highest BCUT2D eigenvalue weighted by Gasteiger charge is 2.52. The molecule has 0 spiro atoms. The molecule has 32 heavy (non-hydrogen) atoms. The average Bonchev–Trinajstić information content (AvgIpc) is 2.97. The molecule has 7 nitrogen and oxygen atoms in total. The van der Waals surface area contributed by atoms with Gasteiger partial charge >= 0.3 is 13.2 Å². The molecule has 1 aliphatic heterocycles. The summed E-state index contributed by atoms with van der Waals surface area (Å²) >= 11 is 0. The van der Waals surface area contributed by atoms with Crippen LogP contribution in [0, 0.1) is 11.8 Å². The predicted molar refractivity (Wildman–Crippen MR) is 126 cm³/mol. The fourth-order valence-electron chi connectivity index (χ4n) is 4.30. The van der Waals surface area contributed by atoms with Crippen molar-refractivity contribution in [2.45, 2.75) is 91.1 Å². The standard InChI is InChI=1S/C24H36BN3O4/c1-14-16(20(14)28-21(29)30-22(2,3)4)10-12-19-26-17-11-9-15(13-18(17)27-19)25-31-23(5,6)24(7,8)32-25/h9,11,13-14,16,20H,10,12H2,1-8H3,(H,26,27)(H,28,29). The smallest absolute Gasteiger partial charge is 0.444 e. The number of rotatable bonds is 5. The molecule has 3 unspecified atom stereocenters. The van der Waals surface area contributed by atoms with Gasteiger partial charge in [-0.3, -0.25) is 0 Å². The molecular formula is C24H36BN3O4. The first-order chi connectivity index (χ1) is 14.8. The van der Waals surface area contributed by atoms with E-state index < -0.39 is 5.60 Å². The van der Waals surface area contributed by atoms with E-state index in [0.717, 1.165) is 35.2 Å². The van der Waals surface area contributed by atoms with Crippen LogP contribution in [-0.2, 0) is 20.5 Å². The number of alkyl carbamates (subject to hydrolysis) is 1. The second-order valence-corrected chi connectivity index (χ2v) is 11.3. The molecule has 0 radical (unpaired) electrons. The van der Waals surface area contributed by atoms with Gasteiger partial charge in [0.2, 0.25) is 0 Å². The van der Waals surface area contributed by atoms with Crippen LogP contribution in [0.4, 0.5) is 4.79 Å². The predicted octanol–water partition coefficient (Wildman–Crippen LogP) is 3.95. The van der Waals surface area contributed by atoms with Crippen molar-refractivity contribution >= 4 is 29.7 Å². The monoisotopic (exact) mass is 441 g/mol. The number of aromatic amines is 1. The van der Waals surface area contributed by atoms with E-state index in [9.17, 15) is 4.79 Å². The number of carbonyl (C=O) groups excluding carboxylic acids is 1. The Balaban J connectivity index is 1.36. The van der Waals surface area contributed by atoms with Crippen LogP contribution in [-0.4, -0.2) is 46.0 Å². The number of H-pyrrole nitrogens is 1. The maximum atomic E-state index is 12.0. The minimum Gasteiger partial charge on any atom is -0.444 e. The Hall–Kier alpha value is -2.06. The maximum Gasteiger partial charge on any atom is 0.494 e. The van der Waals surface area contributed by atoms with Gasteiger partial charge in [-0.05, 0) is 84.3 Å². The summed E-state index contributed by atoms with van der Waals surface area (Å²) in [6, 6.07) is 6.28. The van der Waals surface area contributed by atoms with E-state index in [2.05, 4.69) is 51.0 Å². The molecule has 2 heterocycles. The summed E-state index contributed by atoms with van der Waals surface area (Å²) in [5.41, 5.74) is 1.70. The Morgan fingerprint density at radius 2 is 1.88 bits per heavy atom. The minimum atomic E-state index is -0.481. The Bertz CT molecular complexity index is 994. The van der Waals surface area contributed by atoms with Crippen LogP contribution in [0.5, 0.6) is 0 Å². The van der Waals surface area contributed by atoms with Gasteiger partial charge in [0.15, 0.2) is 0 Å². The normalized spacial score (nSPS) is 26.4. The van der Waals surface area contributed by atoms with E-state index in [0.29, 0.717) is 11.8 Å². The van der Waals surface area contributed by atoms with Crippen molar-refractivity contribution in [3.8, 4) is 0 Å². The van der Waals surface area contributed by atoms with E-state index in [4.69, 9.17) is 19.0 Å². The molecule has 2 aliphatic rings. The molecule has 1 saturated carbocycles. The lowest BCUT2D eigenvalue weighted by Gasteiger charge is -2.32. The first kappa shape index (κ1) is 23.1. The van der Waals surface area contributed by atoms with Crippen LogP contribution in [0.15, 0.2) is 18.2 Å². The lowest BCUT2D eigenvalue weighted by atomic mass is 9.79. The molecule has 2 N–H and O–H groups in total. The fourth-order valence-corrected chi connectivity index (χ4v) is 4.30. The number of benzene rings is 1. The van der Waals surface area contributed by atoms with Gasteiger partial charge in [-0.25, -0.2) is 9.78 Å². The molecule has 1 amide bonds. The topological polar surface area (TPSA) is 85.5 Å². The number of aromatic nitrogens is 2. The summed E-state index contributed by atoms with van der Waals surface area (Å²) in [5, 5.41) is 3.01. The third kappa shape index (κ3) is 4.67. The van der Waals surface area contributed by atoms with Crippen LogP contribution in [0.25, 0.3) is 11.0 Å². The van der Waals surface area contributed by atoms with Crippen molar-refractivity contribution in [1.29, 1.82) is 0 Å². The Labute approximate surface area is 191 Å². The third-order valence-corrected chi connectivity index (χ3v) is 7.04. The van der Waals surface area contributed by atoms with Crippen molar-refractivity contribution < 1.29 is 18.8 Å².